The molecule has 1 aliphatic heterocycles. The van der Waals surface area contributed by atoms with Crippen LogP contribution < -0.4 is 5.32 Å². The molecule has 2 aromatic carbocycles. The third-order valence-corrected chi connectivity index (χ3v) is 6.17. The van der Waals surface area contributed by atoms with Crippen LogP contribution in [0.5, 0.6) is 0 Å². The number of carbonyl (C=O) groups is 1. The summed E-state index contributed by atoms with van der Waals surface area (Å²) in [5, 5.41) is 4.69. The molecule has 24 heavy (non-hydrogen) atoms. The van der Waals surface area contributed by atoms with E-state index in [1.54, 1.807) is 12.1 Å². The fraction of sp³-hybridized carbons (Fsp3) is 0.389. The molecule has 6 heteroatoms. The number of carbonyl (C=O) groups excluding carboxylic acids is 1. The van der Waals surface area contributed by atoms with Gasteiger partial charge in [-0.2, -0.15) is 4.31 Å². The topological polar surface area (TPSA) is 66.5 Å². The normalized spacial score (nSPS) is 19.0. The highest BCUT2D eigenvalue weighted by Gasteiger charge is 2.39. The van der Waals surface area contributed by atoms with E-state index < -0.39 is 16.1 Å². The summed E-state index contributed by atoms with van der Waals surface area (Å²) in [7, 11) is -3.69. The lowest BCUT2D eigenvalue weighted by Gasteiger charge is -2.24. The summed E-state index contributed by atoms with van der Waals surface area (Å²) in [4.78, 5) is 12.6. The van der Waals surface area contributed by atoms with Crippen molar-refractivity contribution in [2.45, 2.75) is 43.7 Å². The number of benzene rings is 2. The molecule has 1 unspecified atom stereocenters. The van der Waals surface area contributed by atoms with Gasteiger partial charge in [-0.1, -0.05) is 30.3 Å². The van der Waals surface area contributed by atoms with Crippen LogP contribution in [-0.4, -0.2) is 37.3 Å². The molecule has 0 saturated carbocycles. The molecule has 0 aromatic heterocycles. The van der Waals surface area contributed by atoms with Crippen LogP contribution in [0.1, 0.15) is 26.7 Å². The lowest BCUT2D eigenvalue weighted by Crippen LogP contribution is -2.47. The molecule has 5 nitrogen and oxygen atoms in total. The molecule has 1 amide bonds. The SMILES string of the molecule is CC(C)NC(=O)C1CCCN1S(=O)(=O)c1ccc2ccccc2c1. The van der Waals surface area contributed by atoms with Gasteiger partial charge < -0.3 is 5.32 Å². The van der Waals surface area contributed by atoms with Crippen LogP contribution in [-0.2, 0) is 14.8 Å². The Labute approximate surface area is 142 Å². The number of fused-ring (bicyclic) bond motifs is 1. The average Bonchev–Trinajstić information content (AvgIpc) is 3.04. The molecule has 1 fully saturated rings. The Bertz CT molecular complexity index is 861. The molecule has 0 spiro atoms. The van der Waals surface area contributed by atoms with E-state index in [-0.39, 0.29) is 16.8 Å². The third kappa shape index (κ3) is 3.16. The van der Waals surface area contributed by atoms with E-state index in [1.807, 2.05) is 44.2 Å². The molecule has 1 heterocycles. The fourth-order valence-electron chi connectivity index (χ4n) is 3.13. The summed E-state index contributed by atoms with van der Waals surface area (Å²) >= 11 is 0. The predicted molar refractivity (Wildman–Crippen MR) is 94.1 cm³/mol. The minimum Gasteiger partial charge on any atom is -0.353 e. The highest BCUT2D eigenvalue weighted by Crippen LogP contribution is 2.28. The van der Waals surface area contributed by atoms with Gasteiger partial charge in [0.05, 0.1) is 4.90 Å². The van der Waals surface area contributed by atoms with Crippen LogP contribution in [0.25, 0.3) is 10.8 Å². The summed E-state index contributed by atoms with van der Waals surface area (Å²) in [6, 6.07) is 12.1. The van der Waals surface area contributed by atoms with Crippen molar-refractivity contribution in [1.82, 2.24) is 9.62 Å². The van der Waals surface area contributed by atoms with Gasteiger partial charge in [-0.3, -0.25) is 4.79 Å². The van der Waals surface area contributed by atoms with E-state index >= 15 is 0 Å². The van der Waals surface area contributed by atoms with Gasteiger partial charge in [-0.15, -0.1) is 0 Å². The second-order valence-corrected chi connectivity index (χ2v) is 8.34. The smallest absolute Gasteiger partial charge is 0.243 e. The zero-order valence-corrected chi connectivity index (χ0v) is 14.7. The number of nitrogens with one attached hydrogen (secondary N) is 1. The van der Waals surface area contributed by atoms with E-state index in [2.05, 4.69) is 5.32 Å². The highest BCUT2D eigenvalue weighted by atomic mass is 32.2. The first kappa shape index (κ1) is 16.9. The molecule has 128 valence electrons. The van der Waals surface area contributed by atoms with Crippen LogP contribution in [0.15, 0.2) is 47.4 Å². The standard InChI is InChI=1S/C18H22N2O3S/c1-13(2)19-18(21)17-8-5-11-20(17)24(22,23)16-10-9-14-6-3-4-7-15(14)12-16/h3-4,6-7,9-10,12-13,17H,5,8,11H2,1-2H3,(H,19,21). The molecule has 3 rings (SSSR count). The summed E-state index contributed by atoms with van der Waals surface area (Å²) < 4.78 is 27.4. The van der Waals surface area contributed by atoms with Crippen LogP contribution in [0.4, 0.5) is 0 Å². The van der Waals surface area contributed by atoms with Crippen molar-refractivity contribution in [3.63, 3.8) is 0 Å². The minimum absolute atomic E-state index is 0.0108. The molecule has 1 N–H and O–H groups in total. The maximum Gasteiger partial charge on any atom is 0.243 e. The Morgan fingerprint density at radius 1 is 1.17 bits per heavy atom. The highest BCUT2D eigenvalue weighted by molar-refractivity contribution is 7.89. The molecule has 1 atom stereocenters. The van der Waals surface area contributed by atoms with Crippen LogP contribution in [0.2, 0.25) is 0 Å². The van der Waals surface area contributed by atoms with E-state index in [1.165, 1.54) is 4.31 Å². The molecule has 0 radical (unpaired) electrons. The average molecular weight is 346 g/mol. The third-order valence-electron chi connectivity index (χ3n) is 4.26. The number of rotatable bonds is 4. The van der Waals surface area contributed by atoms with Gasteiger partial charge in [0, 0.05) is 12.6 Å². The van der Waals surface area contributed by atoms with E-state index in [0.717, 1.165) is 10.8 Å². The monoisotopic (exact) mass is 346 g/mol. The van der Waals surface area contributed by atoms with Gasteiger partial charge in [0.1, 0.15) is 6.04 Å². The van der Waals surface area contributed by atoms with E-state index in [4.69, 9.17) is 0 Å². The van der Waals surface area contributed by atoms with E-state index in [0.29, 0.717) is 19.4 Å². The first-order chi connectivity index (χ1) is 11.4. The second kappa shape index (κ2) is 6.53. The first-order valence-electron chi connectivity index (χ1n) is 8.20. The number of amides is 1. The lowest BCUT2D eigenvalue weighted by molar-refractivity contribution is -0.124. The molecule has 1 aliphatic rings. The summed E-state index contributed by atoms with van der Waals surface area (Å²) in [6.45, 7) is 4.12. The molecular formula is C18H22N2O3S. The van der Waals surface area contributed by atoms with Gasteiger partial charge >= 0.3 is 0 Å². The Hall–Kier alpha value is -1.92. The number of hydrogen-bond acceptors (Lipinski definition) is 3. The molecule has 2 aromatic rings. The zero-order valence-electron chi connectivity index (χ0n) is 13.9. The van der Waals surface area contributed by atoms with Crippen molar-refractivity contribution >= 4 is 26.7 Å². The molecule has 0 bridgehead atoms. The van der Waals surface area contributed by atoms with Gasteiger partial charge in [-0.25, -0.2) is 8.42 Å². The zero-order chi connectivity index (χ0) is 17.3. The van der Waals surface area contributed by atoms with Crippen LogP contribution in [0, 0.1) is 0 Å². The number of hydrogen-bond donors (Lipinski definition) is 1. The molecule has 0 aliphatic carbocycles. The maximum atomic E-state index is 13.0. The fourth-order valence-corrected chi connectivity index (χ4v) is 4.83. The van der Waals surface area contributed by atoms with Crippen molar-refractivity contribution in [2.24, 2.45) is 0 Å². The van der Waals surface area contributed by atoms with Gasteiger partial charge in [0.2, 0.25) is 15.9 Å². The van der Waals surface area contributed by atoms with Gasteiger partial charge in [-0.05, 0) is 49.6 Å². The molecular weight excluding hydrogens is 324 g/mol. The van der Waals surface area contributed by atoms with Crippen molar-refractivity contribution in [3.05, 3.63) is 42.5 Å². The van der Waals surface area contributed by atoms with Gasteiger partial charge in [0.15, 0.2) is 0 Å². The Kier molecular flexibility index (Phi) is 4.60. The first-order valence-corrected chi connectivity index (χ1v) is 9.64. The number of sulfonamides is 1. The summed E-state index contributed by atoms with van der Waals surface area (Å²) in [6.07, 6.45) is 1.26. The predicted octanol–water partition coefficient (Wildman–Crippen LogP) is 2.52. The lowest BCUT2D eigenvalue weighted by atomic mass is 10.1. The Balaban J connectivity index is 1.94. The van der Waals surface area contributed by atoms with Crippen molar-refractivity contribution in [1.29, 1.82) is 0 Å². The Morgan fingerprint density at radius 3 is 2.58 bits per heavy atom. The van der Waals surface area contributed by atoms with Gasteiger partial charge in [0.25, 0.3) is 0 Å². The number of nitrogens with zero attached hydrogens (tertiary/aromatic N) is 1. The van der Waals surface area contributed by atoms with E-state index in [9.17, 15) is 13.2 Å². The van der Waals surface area contributed by atoms with Crippen molar-refractivity contribution in [3.8, 4) is 0 Å². The van der Waals surface area contributed by atoms with Crippen LogP contribution >= 0.6 is 0 Å². The second-order valence-electron chi connectivity index (χ2n) is 6.45. The summed E-state index contributed by atoms with van der Waals surface area (Å²) in [5.74, 6) is -0.216. The molecule has 1 saturated heterocycles. The maximum absolute atomic E-state index is 13.0. The quantitative estimate of drug-likeness (QED) is 0.925. The van der Waals surface area contributed by atoms with Crippen molar-refractivity contribution in [2.75, 3.05) is 6.54 Å². The minimum atomic E-state index is -3.69. The largest absolute Gasteiger partial charge is 0.353 e. The summed E-state index contributed by atoms with van der Waals surface area (Å²) in [5.41, 5.74) is 0. The van der Waals surface area contributed by atoms with Crippen LogP contribution in [0.3, 0.4) is 0 Å². The Morgan fingerprint density at radius 2 is 1.88 bits per heavy atom. The van der Waals surface area contributed by atoms with Crippen molar-refractivity contribution < 1.29 is 13.2 Å².